The van der Waals surface area contributed by atoms with Gasteiger partial charge in [-0.05, 0) is 66.4 Å². The van der Waals surface area contributed by atoms with Gasteiger partial charge in [0, 0.05) is 37.8 Å². The van der Waals surface area contributed by atoms with Gasteiger partial charge >= 0.3 is 12.1 Å². The molecule has 9 nitrogen and oxygen atoms in total. The molecule has 1 aliphatic rings. The fraction of sp³-hybridized carbons (Fsp3) is 0.294. The van der Waals surface area contributed by atoms with E-state index in [4.69, 9.17) is 21.1 Å². The number of aromatic amines is 1. The van der Waals surface area contributed by atoms with E-state index in [1.807, 2.05) is 87.6 Å². The van der Waals surface area contributed by atoms with Gasteiger partial charge in [0.1, 0.15) is 12.4 Å². The first kappa shape index (κ1) is 29.6. The van der Waals surface area contributed by atoms with Crippen molar-refractivity contribution in [2.75, 3.05) is 19.6 Å². The molecule has 0 radical (unpaired) electrons. The molecule has 0 saturated carbocycles. The molecule has 2 aromatic heterocycles. The summed E-state index contributed by atoms with van der Waals surface area (Å²) in [6.07, 6.45) is 1.99. The van der Waals surface area contributed by atoms with Gasteiger partial charge < -0.3 is 19.8 Å². The van der Waals surface area contributed by atoms with E-state index in [0.717, 1.165) is 27.5 Å². The summed E-state index contributed by atoms with van der Waals surface area (Å²) >= 11 is 6.51. The highest BCUT2D eigenvalue weighted by Crippen LogP contribution is 2.33. The van der Waals surface area contributed by atoms with Crippen LogP contribution in [0.15, 0.2) is 72.9 Å². The van der Waals surface area contributed by atoms with E-state index in [0.29, 0.717) is 48.5 Å². The van der Waals surface area contributed by atoms with Crippen LogP contribution in [-0.4, -0.2) is 51.5 Å². The molecule has 44 heavy (non-hydrogen) atoms. The van der Waals surface area contributed by atoms with E-state index in [9.17, 15) is 9.59 Å². The van der Waals surface area contributed by atoms with Crippen LogP contribution >= 0.6 is 11.6 Å². The number of halogens is 1. The minimum atomic E-state index is -0.636. The molecule has 1 saturated heterocycles. The molecule has 1 amide bonds. The number of ether oxygens (including phenoxy) is 2. The molecule has 6 rings (SSSR count). The molecule has 1 fully saturated rings. The zero-order valence-electron chi connectivity index (χ0n) is 24.9. The molecule has 1 unspecified atom stereocenters. The predicted molar refractivity (Wildman–Crippen MR) is 170 cm³/mol. The third kappa shape index (κ3) is 6.25. The molecule has 0 bridgehead atoms. The first-order valence-corrected chi connectivity index (χ1v) is 15.0. The third-order valence-electron chi connectivity index (χ3n) is 7.73. The van der Waals surface area contributed by atoms with Crippen molar-refractivity contribution < 1.29 is 19.1 Å². The van der Waals surface area contributed by atoms with Crippen molar-refractivity contribution in [1.82, 2.24) is 25.2 Å². The molecule has 5 aromatic rings. The Bertz CT molecular complexity index is 1830. The van der Waals surface area contributed by atoms with Crippen LogP contribution in [0.4, 0.5) is 4.79 Å². The van der Waals surface area contributed by atoms with Crippen molar-refractivity contribution in [3.63, 3.8) is 0 Å². The van der Waals surface area contributed by atoms with Crippen LogP contribution in [0.1, 0.15) is 49.2 Å². The minimum absolute atomic E-state index is 0.0919. The van der Waals surface area contributed by atoms with Gasteiger partial charge in [0.15, 0.2) is 0 Å². The summed E-state index contributed by atoms with van der Waals surface area (Å²) < 4.78 is 11.5. The van der Waals surface area contributed by atoms with Gasteiger partial charge in [-0.3, -0.25) is 9.69 Å². The fourth-order valence-corrected chi connectivity index (χ4v) is 5.60. The summed E-state index contributed by atoms with van der Waals surface area (Å²) in [4.78, 5) is 40.2. The van der Waals surface area contributed by atoms with Gasteiger partial charge in [-0.15, -0.1) is 0 Å². The highest BCUT2D eigenvalue weighted by molar-refractivity contribution is 6.28. The molecule has 0 spiro atoms. The molecule has 1 aliphatic heterocycles. The van der Waals surface area contributed by atoms with Gasteiger partial charge in [-0.25, -0.2) is 14.8 Å². The second-order valence-electron chi connectivity index (χ2n) is 12.0. The number of benzene rings is 3. The number of carbonyl (C=O) groups excluding carboxylic acids is 2. The Morgan fingerprint density at radius 3 is 2.59 bits per heavy atom. The molecule has 2 N–H and O–H groups in total. The number of amides is 1. The number of carbonyl (C=O) groups is 2. The van der Waals surface area contributed by atoms with Crippen LogP contribution < -0.4 is 10.1 Å². The highest BCUT2D eigenvalue weighted by atomic mass is 35.5. The smallest absolute Gasteiger partial charge is 0.410 e. The normalized spacial score (nSPS) is 15.5. The van der Waals surface area contributed by atoms with Crippen molar-refractivity contribution in [3.05, 3.63) is 101 Å². The van der Waals surface area contributed by atoms with E-state index >= 15 is 0 Å². The van der Waals surface area contributed by atoms with Gasteiger partial charge in [0.05, 0.1) is 28.2 Å². The lowest BCUT2D eigenvalue weighted by Crippen LogP contribution is -2.49. The maximum absolute atomic E-state index is 13.3. The lowest BCUT2D eigenvalue weighted by Gasteiger charge is -2.35. The Morgan fingerprint density at radius 2 is 1.80 bits per heavy atom. The molecule has 10 heteroatoms. The number of H-pyrrole nitrogens is 1. The van der Waals surface area contributed by atoms with Gasteiger partial charge in [-0.1, -0.05) is 54.6 Å². The molecule has 226 valence electrons. The first-order chi connectivity index (χ1) is 21.2. The zero-order chi connectivity index (χ0) is 30.8. The number of fused-ring (bicyclic) bond motifs is 2. The molecule has 0 aliphatic carbocycles. The highest BCUT2D eigenvalue weighted by Gasteiger charge is 2.33. The van der Waals surface area contributed by atoms with E-state index in [-0.39, 0.29) is 17.9 Å². The van der Waals surface area contributed by atoms with E-state index in [2.05, 4.69) is 26.3 Å². The maximum atomic E-state index is 13.3. The van der Waals surface area contributed by atoms with Crippen LogP contribution in [0, 0.1) is 5.41 Å². The summed E-state index contributed by atoms with van der Waals surface area (Å²) in [5, 5.41) is 5.47. The molecule has 3 aromatic carbocycles. The summed E-state index contributed by atoms with van der Waals surface area (Å²) in [5.74, 6) is 0.188. The summed E-state index contributed by atoms with van der Waals surface area (Å²) in [5.41, 5.74) is 4.15. The van der Waals surface area contributed by atoms with E-state index in [1.165, 1.54) is 0 Å². The largest absolute Gasteiger partial charge is 0.445 e. The van der Waals surface area contributed by atoms with Crippen molar-refractivity contribution in [2.24, 2.45) is 5.41 Å². The zero-order valence-corrected chi connectivity index (χ0v) is 25.6. The Balaban J connectivity index is 1.32. The van der Waals surface area contributed by atoms with Crippen LogP contribution in [-0.2, 0) is 22.6 Å². The number of rotatable bonds is 6. The van der Waals surface area contributed by atoms with Gasteiger partial charge in [0.2, 0.25) is 5.28 Å². The second-order valence-corrected chi connectivity index (χ2v) is 12.3. The lowest BCUT2D eigenvalue weighted by molar-refractivity contribution is -0.142. The quantitative estimate of drug-likeness (QED) is 0.127. The van der Waals surface area contributed by atoms with E-state index in [1.54, 1.807) is 4.90 Å². The standard InChI is InChI=1S/C34H34ClN5O4/c1-34(2,3)31(41)44-25-16-22-11-7-8-12-26(22)23(17-25)15-24-18-37-30-28(24)38-32(35)39-29(30)27-19-36-13-14-40(27)33(42)43-20-21-9-5-4-6-10-21/h4-12,16-18,27,36-37H,13-15,19-20H2,1-3H3. The number of nitrogens with zero attached hydrogens (tertiary/aromatic N) is 3. The number of nitrogens with one attached hydrogen (secondary N) is 2. The Kier molecular flexibility index (Phi) is 8.25. The third-order valence-corrected chi connectivity index (χ3v) is 7.90. The van der Waals surface area contributed by atoms with Crippen molar-refractivity contribution in [2.45, 2.75) is 39.8 Å². The van der Waals surface area contributed by atoms with Gasteiger partial charge in [-0.2, -0.15) is 0 Å². The van der Waals surface area contributed by atoms with Crippen LogP contribution in [0.2, 0.25) is 5.28 Å². The maximum Gasteiger partial charge on any atom is 0.410 e. The number of hydrogen-bond acceptors (Lipinski definition) is 7. The Morgan fingerprint density at radius 1 is 1.02 bits per heavy atom. The molecule has 1 atom stereocenters. The summed E-state index contributed by atoms with van der Waals surface area (Å²) in [6, 6.07) is 21.0. The van der Waals surface area contributed by atoms with Crippen LogP contribution in [0.25, 0.3) is 21.8 Å². The predicted octanol–water partition coefficient (Wildman–Crippen LogP) is 6.59. The molecule has 3 heterocycles. The monoisotopic (exact) mass is 611 g/mol. The summed E-state index contributed by atoms with van der Waals surface area (Å²) in [7, 11) is 0. The average molecular weight is 612 g/mol. The SMILES string of the molecule is CC(C)(C)C(=O)Oc1cc(Cc2c[nH]c3c(C4CNCCN4C(=O)OCc4ccccc4)nc(Cl)nc23)c2ccccc2c1. The minimum Gasteiger partial charge on any atom is -0.445 e. The number of aromatic nitrogens is 3. The topological polar surface area (TPSA) is 109 Å². The lowest BCUT2D eigenvalue weighted by atomic mass is 9.96. The Hall–Kier alpha value is -4.47. The van der Waals surface area contributed by atoms with Gasteiger partial charge in [0.25, 0.3) is 0 Å². The average Bonchev–Trinajstić information content (AvgIpc) is 3.41. The molecular formula is C34H34ClN5O4. The van der Waals surface area contributed by atoms with Crippen molar-refractivity contribution >= 4 is 45.5 Å². The van der Waals surface area contributed by atoms with Crippen LogP contribution in [0.3, 0.4) is 0 Å². The molecular weight excluding hydrogens is 578 g/mol. The van der Waals surface area contributed by atoms with Crippen LogP contribution in [0.5, 0.6) is 5.75 Å². The summed E-state index contributed by atoms with van der Waals surface area (Å²) in [6.45, 7) is 7.26. The Labute approximate surface area is 260 Å². The van der Waals surface area contributed by atoms with Crippen molar-refractivity contribution in [1.29, 1.82) is 0 Å². The van der Waals surface area contributed by atoms with Crippen molar-refractivity contribution in [3.8, 4) is 5.75 Å². The second kappa shape index (κ2) is 12.3. The first-order valence-electron chi connectivity index (χ1n) is 14.6. The number of hydrogen-bond donors (Lipinski definition) is 2. The number of piperazine rings is 1. The fourth-order valence-electron chi connectivity index (χ4n) is 5.43. The number of esters is 1. The van der Waals surface area contributed by atoms with E-state index < -0.39 is 17.6 Å².